The number of aliphatic hydroxyl groups excluding tert-OH is 1. The minimum atomic E-state index is -3.62. The van der Waals surface area contributed by atoms with Crippen molar-refractivity contribution in [1.29, 1.82) is 0 Å². The van der Waals surface area contributed by atoms with Gasteiger partial charge in [0.05, 0.1) is 18.9 Å². The van der Waals surface area contributed by atoms with Crippen LogP contribution < -0.4 is 10.5 Å². The molecule has 21 heavy (non-hydrogen) atoms. The maximum atomic E-state index is 12.7. The van der Waals surface area contributed by atoms with Gasteiger partial charge in [-0.25, -0.2) is 8.42 Å². The summed E-state index contributed by atoms with van der Waals surface area (Å²) in [6.07, 6.45) is 1.27. The third kappa shape index (κ3) is 2.39. The summed E-state index contributed by atoms with van der Waals surface area (Å²) in [6, 6.07) is 4.58. The molecule has 1 aromatic rings. The van der Waals surface area contributed by atoms with Gasteiger partial charge in [0.2, 0.25) is 10.0 Å². The van der Waals surface area contributed by atoms with E-state index in [9.17, 15) is 13.5 Å². The smallest absolute Gasteiger partial charge is 0.245 e. The van der Waals surface area contributed by atoms with Crippen molar-refractivity contribution in [2.45, 2.75) is 23.8 Å². The highest BCUT2D eigenvalue weighted by atomic mass is 32.2. The van der Waals surface area contributed by atoms with Crippen LogP contribution in [0.4, 0.5) is 5.69 Å². The lowest BCUT2D eigenvalue weighted by Crippen LogP contribution is -2.31. The Balaban J connectivity index is 1.88. The minimum absolute atomic E-state index is 0.0549. The Hall–Kier alpha value is -1.31. The predicted molar refractivity (Wildman–Crippen MR) is 78.4 cm³/mol. The molecule has 3 N–H and O–H groups in total. The first-order valence-electron chi connectivity index (χ1n) is 7.05. The molecule has 0 spiro atoms. The van der Waals surface area contributed by atoms with E-state index >= 15 is 0 Å². The van der Waals surface area contributed by atoms with Crippen molar-refractivity contribution in [3.05, 3.63) is 18.2 Å². The number of methoxy groups -OCH3 is 1. The zero-order valence-corrected chi connectivity index (χ0v) is 12.7. The molecule has 6 nitrogen and oxygen atoms in total. The van der Waals surface area contributed by atoms with E-state index in [1.165, 1.54) is 23.5 Å². The summed E-state index contributed by atoms with van der Waals surface area (Å²) in [5.74, 6) is 0.841. The molecule has 0 amide bonds. The van der Waals surface area contributed by atoms with E-state index in [1.54, 1.807) is 6.07 Å². The normalized spacial score (nSPS) is 29.5. The van der Waals surface area contributed by atoms with Gasteiger partial charge in [-0.15, -0.1) is 0 Å². The van der Waals surface area contributed by atoms with Gasteiger partial charge in [-0.3, -0.25) is 0 Å². The van der Waals surface area contributed by atoms with Gasteiger partial charge in [0.1, 0.15) is 10.6 Å². The molecule has 3 rings (SSSR count). The molecule has 1 aliphatic carbocycles. The van der Waals surface area contributed by atoms with Crippen LogP contribution in [0.1, 0.15) is 12.8 Å². The van der Waals surface area contributed by atoms with Gasteiger partial charge < -0.3 is 15.6 Å². The molecule has 3 atom stereocenters. The number of sulfonamides is 1. The predicted octanol–water partition coefficient (Wildman–Crippen LogP) is 0.669. The monoisotopic (exact) mass is 312 g/mol. The number of hydrogen-bond acceptors (Lipinski definition) is 5. The zero-order chi connectivity index (χ0) is 15.2. The molecule has 0 bridgehead atoms. The molecule has 2 fully saturated rings. The van der Waals surface area contributed by atoms with Crippen LogP contribution in [0.3, 0.4) is 0 Å². The Morgan fingerprint density at radius 1 is 1.33 bits per heavy atom. The number of nitrogens with zero attached hydrogens (tertiary/aromatic N) is 1. The number of anilines is 1. The number of ether oxygens (including phenoxy) is 1. The molecule has 1 aliphatic heterocycles. The Morgan fingerprint density at radius 2 is 2.10 bits per heavy atom. The summed E-state index contributed by atoms with van der Waals surface area (Å²) >= 11 is 0. The van der Waals surface area contributed by atoms with Crippen LogP contribution in [0.15, 0.2) is 23.1 Å². The summed E-state index contributed by atoms with van der Waals surface area (Å²) in [4.78, 5) is 0.109. The Kier molecular flexibility index (Phi) is 3.59. The van der Waals surface area contributed by atoms with Crippen LogP contribution in [0, 0.1) is 11.8 Å². The number of nitrogen functional groups attached to an aromatic ring is 1. The van der Waals surface area contributed by atoms with E-state index in [0.717, 1.165) is 12.8 Å². The summed E-state index contributed by atoms with van der Waals surface area (Å²) in [7, 11) is -2.11. The molecular weight excluding hydrogens is 292 g/mol. The lowest BCUT2D eigenvalue weighted by molar-refractivity contribution is 0.129. The molecule has 1 aromatic carbocycles. The topological polar surface area (TPSA) is 92.9 Å². The number of nitrogens with two attached hydrogens (primary N) is 1. The molecule has 2 aliphatic rings. The van der Waals surface area contributed by atoms with Crippen molar-refractivity contribution < 1.29 is 18.3 Å². The number of aliphatic hydroxyl groups is 1. The molecule has 116 valence electrons. The van der Waals surface area contributed by atoms with Crippen molar-refractivity contribution in [2.24, 2.45) is 11.8 Å². The second-order valence-electron chi connectivity index (χ2n) is 5.79. The third-order valence-corrected chi connectivity index (χ3v) is 6.53. The first-order chi connectivity index (χ1) is 9.93. The highest BCUT2D eigenvalue weighted by molar-refractivity contribution is 7.89. The van der Waals surface area contributed by atoms with Crippen LogP contribution >= 0.6 is 0 Å². The Morgan fingerprint density at radius 3 is 2.71 bits per heavy atom. The van der Waals surface area contributed by atoms with Gasteiger partial charge in [-0.1, -0.05) is 0 Å². The summed E-state index contributed by atoms with van der Waals surface area (Å²) < 4.78 is 31.9. The lowest BCUT2D eigenvalue weighted by Gasteiger charge is -2.19. The molecule has 0 radical (unpaired) electrons. The zero-order valence-electron chi connectivity index (χ0n) is 11.9. The lowest BCUT2D eigenvalue weighted by atomic mass is 10.00. The second kappa shape index (κ2) is 5.15. The third-order valence-electron chi connectivity index (χ3n) is 4.62. The second-order valence-corrected chi connectivity index (χ2v) is 7.70. The van der Waals surface area contributed by atoms with Gasteiger partial charge in [0, 0.05) is 25.1 Å². The standard InChI is InChI=1S/C14H20N2O4S/c1-20-10-3-5-14(12(15)6-10)21(18,19)16-7-9-2-4-13(17)11(9)8-16/h3,5-6,9,11,13,17H,2,4,7-8,15H2,1H3. The van der Waals surface area contributed by atoms with Crippen molar-refractivity contribution in [2.75, 3.05) is 25.9 Å². The number of fused-ring (bicyclic) bond motifs is 1. The number of benzene rings is 1. The molecule has 7 heteroatoms. The van der Waals surface area contributed by atoms with Gasteiger partial charge in [-0.05, 0) is 30.9 Å². The molecule has 1 saturated heterocycles. The van der Waals surface area contributed by atoms with Crippen LogP contribution in [0.25, 0.3) is 0 Å². The van der Waals surface area contributed by atoms with Crippen molar-refractivity contribution in [3.8, 4) is 5.75 Å². The minimum Gasteiger partial charge on any atom is -0.497 e. The molecular formula is C14H20N2O4S. The van der Waals surface area contributed by atoms with Crippen LogP contribution in [-0.2, 0) is 10.0 Å². The fourth-order valence-electron chi connectivity index (χ4n) is 3.42. The maximum absolute atomic E-state index is 12.7. The highest BCUT2D eigenvalue weighted by Gasteiger charge is 2.46. The molecule has 1 saturated carbocycles. The van der Waals surface area contributed by atoms with Crippen LogP contribution in [0.5, 0.6) is 5.75 Å². The molecule has 1 heterocycles. The van der Waals surface area contributed by atoms with E-state index in [2.05, 4.69) is 0 Å². The SMILES string of the molecule is COc1ccc(S(=O)(=O)N2CC3CCC(O)C3C2)c(N)c1. The van der Waals surface area contributed by atoms with E-state index in [1.807, 2.05) is 0 Å². The summed E-state index contributed by atoms with van der Waals surface area (Å²) in [5.41, 5.74) is 6.05. The quantitative estimate of drug-likeness (QED) is 0.800. The first-order valence-corrected chi connectivity index (χ1v) is 8.49. The van der Waals surface area contributed by atoms with Crippen LogP contribution in [0.2, 0.25) is 0 Å². The van der Waals surface area contributed by atoms with Crippen molar-refractivity contribution >= 4 is 15.7 Å². The van der Waals surface area contributed by atoms with E-state index in [4.69, 9.17) is 10.5 Å². The van der Waals surface area contributed by atoms with E-state index < -0.39 is 10.0 Å². The van der Waals surface area contributed by atoms with Crippen molar-refractivity contribution in [3.63, 3.8) is 0 Å². The average Bonchev–Trinajstić information content (AvgIpc) is 3.01. The summed E-state index contributed by atoms with van der Waals surface area (Å²) in [5, 5.41) is 9.91. The maximum Gasteiger partial charge on any atom is 0.245 e. The van der Waals surface area contributed by atoms with E-state index in [-0.39, 0.29) is 28.5 Å². The molecule has 3 unspecified atom stereocenters. The molecule has 0 aromatic heterocycles. The Bertz CT molecular complexity index is 646. The van der Waals surface area contributed by atoms with E-state index in [0.29, 0.717) is 18.8 Å². The first kappa shape index (κ1) is 14.6. The summed E-state index contributed by atoms with van der Waals surface area (Å²) in [6.45, 7) is 0.842. The van der Waals surface area contributed by atoms with Gasteiger partial charge in [0.15, 0.2) is 0 Å². The van der Waals surface area contributed by atoms with Gasteiger partial charge in [-0.2, -0.15) is 4.31 Å². The fourth-order valence-corrected chi connectivity index (χ4v) is 5.05. The number of rotatable bonds is 3. The van der Waals surface area contributed by atoms with Crippen LogP contribution in [-0.4, -0.2) is 44.1 Å². The Labute approximate surface area is 124 Å². The average molecular weight is 312 g/mol. The van der Waals surface area contributed by atoms with Crippen molar-refractivity contribution in [1.82, 2.24) is 4.31 Å². The van der Waals surface area contributed by atoms with Gasteiger partial charge >= 0.3 is 0 Å². The van der Waals surface area contributed by atoms with Gasteiger partial charge in [0.25, 0.3) is 0 Å². The highest BCUT2D eigenvalue weighted by Crippen LogP contribution is 2.40. The number of hydrogen-bond donors (Lipinski definition) is 2. The largest absolute Gasteiger partial charge is 0.497 e. The fraction of sp³-hybridized carbons (Fsp3) is 0.571.